The lowest BCUT2D eigenvalue weighted by molar-refractivity contribution is 0.209. The molecule has 0 fully saturated rings. The van der Waals surface area contributed by atoms with Crippen molar-refractivity contribution in [1.29, 1.82) is 5.26 Å². The van der Waals surface area contributed by atoms with Gasteiger partial charge in [0, 0.05) is 5.02 Å². The van der Waals surface area contributed by atoms with Gasteiger partial charge < -0.3 is 4.74 Å². The van der Waals surface area contributed by atoms with Gasteiger partial charge in [0.1, 0.15) is 11.8 Å². The fourth-order valence-corrected chi connectivity index (χ4v) is 1.55. The predicted molar refractivity (Wildman–Crippen MR) is 61.2 cm³/mol. The van der Waals surface area contributed by atoms with Crippen LogP contribution in [0, 0.1) is 11.3 Å². The highest BCUT2D eigenvalue weighted by Crippen LogP contribution is 2.23. The number of halogens is 1. The van der Waals surface area contributed by atoms with Crippen molar-refractivity contribution in [3.8, 4) is 11.8 Å². The molecule has 0 bridgehead atoms. The zero-order valence-electron chi connectivity index (χ0n) is 8.96. The molecule has 2 nitrogen and oxygen atoms in total. The molecule has 1 rings (SSSR count). The minimum absolute atomic E-state index is 0.128. The molecule has 0 aliphatic carbocycles. The van der Waals surface area contributed by atoms with Gasteiger partial charge >= 0.3 is 0 Å². The van der Waals surface area contributed by atoms with E-state index < -0.39 is 0 Å². The molecule has 0 saturated carbocycles. The van der Waals surface area contributed by atoms with Gasteiger partial charge in [0.2, 0.25) is 0 Å². The van der Waals surface area contributed by atoms with Crippen molar-refractivity contribution in [2.75, 3.05) is 0 Å². The van der Waals surface area contributed by atoms with Gasteiger partial charge in [0.05, 0.1) is 11.7 Å². The van der Waals surface area contributed by atoms with Crippen LogP contribution < -0.4 is 4.74 Å². The van der Waals surface area contributed by atoms with Crippen molar-refractivity contribution in [3.05, 3.63) is 28.8 Å². The summed E-state index contributed by atoms with van der Waals surface area (Å²) in [4.78, 5) is 0. The van der Waals surface area contributed by atoms with Crippen LogP contribution in [0.2, 0.25) is 5.02 Å². The van der Waals surface area contributed by atoms with E-state index in [9.17, 15) is 0 Å². The molecule has 1 aromatic carbocycles. The summed E-state index contributed by atoms with van der Waals surface area (Å²) in [5, 5.41) is 9.45. The molecule has 1 unspecified atom stereocenters. The molecule has 15 heavy (non-hydrogen) atoms. The molecular weight excluding hydrogens is 210 g/mol. The molecule has 1 aromatic rings. The van der Waals surface area contributed by atoms with E-state index in [1.165, 1.54) is 0 Å². The van der Waals surface area contributed by atoms with Crippen LogP contribution in [-0.4, -0.2) is 6.10 Å². The van der Waals surface area contributed by atoms with Crippen LogP contribution in [0.4, 0.5) is 0 Å². The quantitative estimate of drug-likeness (QED) is 0.778. The maximum Gasteiger partial charge on any atom is 0.137 e. The zero-order valence-corrected chi connectivity index (χ0v) is 9.71. The van der Waals surface area contributed by atoms with Crippen LogP contribution >= 0.6 is 11.6 Å². The number of nitriles is 1. The first kappa shape index (κ1) is 11.9. The second-order valence-corrected chi connectivity index (χ2v) is 3.91. The molecule has 0 N–H and O–H groups in total. The normalized spacial score (nSPS) is 11.9. The molecule has 3 heteroatoms. The number of hydrogen-bond donors (Lipinski definition) is 0. The van der Waals surface area contributed by atoms with Crippen molar-refractivity contribution >= 4 is 11.6 Å². The monoisotopic (exact) mass is 223 g/mol. The van der Waals surface area contributed by atoms with Crippen LogP contribution in [0.3, 0.4) is 0 Å². The van der Waals surface area contributed by atoms with E-state index >= 15 is 0 Å². The van der Waals surface area contributed by atoms with E-state index in [4.69, 9.17) is 21.6 Å². The number of ether oxygens (including phenoxy) is 1. The van der Waals surface area contributed by atoms with E-state index in [2.05, 4.69) is 13.0 Å². The highest BCUT2D eigenvalue weighted by Gasteiger charge is 2.07. The van der Waals surface area contributed by atoms with E-state index in [0.717, 1.165) is 12.8 Å². The summed E-state index contributed by atoms with van der Waals surface area (Å²) < 4.78 is 5.65. The first-order valence-corrected chi connectivity index (χ1v) is 5.41. The van der Waals surface area contributed by atoms with Crippen LogP contribution in [0.1, 0.15) is 32.3 Å². The number of nitrogens with zero attached hydrogens (tertiary/aromatic N) is 1. The number of rotatable bonds is 4. The van der Waals surface area contributed by atoms with Gasteiger partial charge in [-0.1, -0.05) is 24.9 Å². The summed E-state index contributed by atoms with van der Waals surface area (Å²) in [6.07, 6.45) is 2.17. The third kappa shape index (κ3) is 3.45. The van der Waals surface area contributed by atoms with Gasteiger partial charge in [-0.15, -0.1) is 0 Å². The summed E-state index contributed by atoms with van der Waals surface area (Å²) in [6.45, 7) is 4.10. The van der Waals surface area contributed by atoms with Crippen molar-refractivity contribution in [2.24, 2.45) is 0 Å². The largest absolute Gasteiger partial charge is 0.489 e. The molecule has 0 saturated heterocycles. The molecule has 80 valence electrons. The zero-order chi connectivity index (χ0) is 11.3. The Morgan fingerprint density at radius 1 is 1.53 bits per heavy atom. The maximum absolute atomic E-state index is 8.90. The average molecular weight is 224 g/mol. The topological polar surface area (TPSA) is 33.0 Å². The summed E-state index contributed by atoms with van der Waals surface area (Å²) >= 11 is 5.79. The Morgan fingerprint density at radius 2 is 2.27 bits per heavy atom. The van der Waals surface area contributed by atoms with E-state index in [1.807, 2.05) is 6.92 Å². The molecule has 0 heterocycles. The molecule has 0 aliphatic heterocycles. The SMILES string of the molecule is CCCC(C)Oc1ccc(Cl)cc1C#N. The molecule has 0 aliphatic rings. The Kier molecular flexibility index (Phi) is 4.45. The lowest BCUT2D eigenvalue weighted by Gasteiger charge is -2.14. The van der Waals surface area contributed by atoms with Gasteiger partial charge in [-0.3, -0.25) is 0 Å². The summed E-state index contributed by atoms with van der Waals surface area (Å²) in [6, 6.07) is 7.17. The second kappa shape index (κ2) is 5.63. The van der Waals surface area contributed by atoms with Crippen LogP contribution in [0.25, 0.3) is 0 Å². The van der Waals surface area contributed by atoms with E-state index in [-0.39, 0.29) is 6.10 Å². The molecule has 0 spiro atoms. The van der Waals surface area contributed by atoms with Gasteiger partial charge in [0.25, 0.3) is 0 Å². The molecule has 0 amide bonds. The number of benzene rings is 1. The Balaban J connectivity index is 2.81. The minimum Gasteiger partial charge on any atom is -0.489 e. The lowest BCUT2D eigenvalue weighted by atomic mass is 10.2. The van der Waals surface area contributed by atoms with E-state index in [0.29, 0.717) is 16.3 Å². The highest BCUT2D eigenvalue weighted by molar-refractivity contribution is 6.30. The van der Waals surface area contributed by atoms with Gasteiger partial charge in [0.15, 0.2) is 0 Å². The Hall–Kier alpha value is -1.20. The third-order valence-electron chi connectivity index (χ3n) is 2.09. The van der Waals surface area contributed by atoms with Crippen molar-refractivity contribution in [1.82, 2.24) is 0 Å². The fourth-order valence-electron chi connectivity index (χ4n) is 1.37. The summed E-state index contributed by atoms with van der Waals surface area (Å²) in [7, 11) is 0. The first-order chi connectivity index (χ1) is 7.17. The van der Waals surface area contributed by atoms with Crippen molar-refractivity contribution in [3.63, 3.8) is 0 Å². The minimum atomic E-state index is 0.128. The highest BCUT2D eigenvalue weighted by atomic mass is 35.5. The summed E-state index contributed by atoms with van der Waals surface area (Å²) in [5.74, 6) is 0.614. The Labute approximate surface area is 95.4 Å². The molecular formula is C12H14ClNO. The molecule has 0 aromatic heterocycles. The Morgan fingerprint density at radius 3 is 2.87 bits per heavy atom. The van der Waals surface area contributed by atoms with Crippen molar-refractivity contribution < 1.29 is 4.74 Å². The number of hydrogen-bond acceptors (Lipinski definition) is 2. The fraction of sp³-hybridized carbons (Fsp3) is 0.417. The third-order valence-corrected chi connectivity index (χ3v) is 2.32. The van der Waals surface area contributed by atoms with Crippen molar-refractivity contribution in [2.45, 2.75) is 32.8 Å². The predicted octanol–water partition coefficient (Wildman–Crippen LogP) is 3.78. The Bertz CT molecular complexity index is 370. The van der Waals surface area contributed by atoms with E-state index in [1.54, 1.807) is 18.2 Å². The van der Waals surface area contributed by atoms with Crippen LogP contribution in [0.5, 0.6) is 5.75 Å². The van der Waals surface area contributed by atoms with Crippen LogP contribution in [0.15, 0.2) is 18.2 Å². The first-order valence-electron chi connectivity index (χ1n) is 5.03. The smallest absolute Gasteiger partial charge is 0.137 e. The van der Waals surface area contributed by atoms with Gasteiger partial charge in [-0.2, -0.15) is 5.26 Å². The second-order valence-electron chi connectivity index (χ2n) is 3.47. The standard InChI is InChI=1S/C12H14ClNO/c1-3-4-9(2)15-12-6-5-11(13)7-10(12)8-14/h5-7,9H,3-4H2,1-2H3. The average Bonchev–Trinajstić information content (AvgIpc) is 2.21. The van der Waals surface area contributed by atoms with Gasteiger partial charge in [-0.25, -0.2) is 0 Å². The molecule has 0 radical (unpaired) electrons. The lowest BCUT2D eigenvalue weighted by Crippen LogP contribution is -2.11. The van der Waals surface area contributed by atoms with Crippen LogP contribution in [-0.2, 0) is 0 Å². The maximum atomic E-state index is 8.90. The molecule has 1 atom stereocenters. The summed E-state index contributed by atoms with van der Waals surface area (Å²) in [5.41, 5.74) is 0.491. The van der Waals surface area contributed by atoms with Gasteiger partial charge in [-0.05, 0) is 31.5 Å².